The van der Waals surface area contributed by atoms with E-state index in [1.165, 1.54) is 0 Å². The zero-order valence-electron chi connectivity index (χ0n) is 10.4. The van der Waals surface area contributed by atoms with Crippen LogP contribution in [0.3, 0.4) is 0 Å². The molecule has 0 spiro atoms. The van der Waals surface area contributed by atoms with Crippen LogP contribution in [0.1, 0.15) is 0 Å². The minimum Gasteiger partial charge on any atom is -0.301 e. The third-order valence-electron chi connectivity index (χ3n) is 2.23. The van der Waals surface area contributed by atoms with E-state index in [-0.39, 0.29) is 16.5 Å². The normalized spacial score (nSPS) is 11.4. The van der Waals surface area contributed by atoms with Crippen LogP contribution < -0.4 is 10.3 Å². The van der Waals surface area contributed by atoms with Gasteiger partial charge in [0.25, 0.3) is 5.56 Å². The summed E-state index contributed by atoms with van der Waals surface area (Å²) < 4.78 is 23.6. The van der Waals surface area contributed by atoms with Gasteiger partial charge in [0.05, 0.1) is 22.9 Å². The van der Waals surface area contributed by atoms with Crippen molar-refractivity contribution in [2.75, 3.05) is 12.0 Å². The van der Waals surface area contributed by atoms with Crippen LogP contribution in [0.4, 0.5) is 0 Å². The lowest BCUT2D eigenvalue weighted by Gasteiger charge is -2.03. The molecule has 0 bridgehead atoms. The predicted molar refractivity (Wildman–Crippen MR) is 76.1 cm³/mol. The van der Waals surface area contributed by atoms with Crippen LogP contribution >= 0.6 is 11.8 Å². The molecule has 7 nitrogen and oxygen atoms in total. The van der Waals surface area contributed by atoms with E-state index in [1.54, 1.807) is 24.3 Å². The molecule has 2 rings (SSSR count). The Morgan fingerprint density at radius 3 is 2.80 bits per heavy atom. The van der Waals surface area contributed by atoms with Crippen molar-refractivity contribution in [3.63, 3.8) is 0 Å². The first-order valence-electron chi connectivity index (χ1n) is 5.47. The summed E-state index contributed by atoms with van der Waals surface area (Å²) in [4.78, 5) is 29.8. The average molecular weight is 313 g/mol. The van der Waals surface area contributed by atoms with Crippen LogP contribution in [0, 0.1) is 0 Å². The van der Waals surface area contributed by atoms with Crippen LogP contribution in [0.15, 0.2) is 34.2 Å². The second kappa shape index (κ2) is 5.63. The van der Waals surface area contributed by atoms with Crippen molar-refractivity contribution in [2.24, 2.45) is 0 Å². The molecule has 0 radical (unpaired) electrons. The number of para-hydroxylation sites is 1. The smallest absolute Gasteiger partial charge is 0.259 e. The highest BCUT2D eigenvalue weighted by Gasteiger charge is 2.10. The maximum Gasteiger partial charge on any atom is 0.259 e. The topological polar surface area (TPSA) is 109 Å². The molecule has 1 heterocycles. The van der Waals surface area contributed by atoms with E-state index in [0.717, 1.165) is 18.0 Å². The molecule has 2 N–H and O–H groups in total. The number of aromatic nitrogens is 2. The van der Waals surface area contributed by atoms with Crippen molar-refractivity contribution < 1.29 is 13.2 Å². The van der Waals surface area contributed by atoms with Gasteiger partial charge in [-0.05, 0) is 12.1 Å². The number of fused-ring (bicyclic) bond motifs is 1. The molecule has 0 aliphatic rings. The summed E-state index contributed by atoms with van der Waals surface area (Å²) in [6.45, 7) is 0. The summed E-state index contributed by atoms with van der Waals surface area (Å²) in [7, 11) is -3.58. The van der Waals surface area contributed by atoms with Crippen molar-refractivity contribution in [2.45, 2.75) is 5.16 Å². The molecule has 1 amide bonds. The van der Waals surface area contributed by atoms with Crippen LogP contribution in [-0.4, -0.2) is 36.3 Å². The van der Waals surface area contributed by atoms with Crippen LogP contribution in [0.2, 0.25) is 0 Å². The van der Waals surface area contributed by atoms with Crippen molar-refractivity contribution >= 4 is 38.6 Å². The molecular formula is C11H11N3O4S2. The standard InChI is InChI=1S/C11H11N3O4S2/c1-20(17,18)14-9(15)6-19-11-12-8-5-3-2-4-7(8)10(16)13-11/h2-5H,6H2,1H3,(H,14,15)(H,12,13,16). The van der Waals surface area contributed by atoms with Gasteiger partial charge in [-0.3, -0.25) is 14.3 Å². The summed E-state index contributed by atoms with van der Waals surface area (Å²) in [5, 5.41) is 0.717. The lowest BCUT2D eigenvalue weighted by molar-refractivity contribution is -0.116. The second-order valence-electron chi connectivity index (χ2n) is 3.97. The van der Waals surface area contributed by atoms with E-state index in [2.05, 4.69) is 9.97 Å². The van der Waals surface area contributed by atoms with Crippen LogP contribution in [0.5, 0.6) is 0 Å². The van der Waals surface area contributed by atoms with Gasteiger partial charge in [0.1, 0.15) is 0 Å². The second-order valence-corrected chi connectivity index (χ2v) is 6.69. The number of nitrogens with zero attached hydrogens (tertiary/aromatic N) is 1. The van der Waals surface area contributed by atoms with Crippen LogP contribution in [-0.2, 0) is 14.8 Å². The van der Waals surface area contributed by atoms with Gasteiger partial charge in [-0.2, -0.15) is 0 Å². The van der Waals surface area contributed by atoms with E-state index >= 15 is 0 Å². The van der Waals surface area contributed by atoms with Gasteiger partial charge in [-0.15, -0.1) is 0 Å². The highest BCUT2D eigenvalue weighted by Crippen LogP contribution is 2.14. The maximum absolute atomic E-state index is 11.8. The molecule has 0 unspecified atom stereocenters. The Kier molecular flexibility index (Phi) is 4.09. The number of carbonyl (C=O) groups excluding carboxylic acids is 1. The molecule has 0 aliphatic carbocycles. The highest BCUT2D eigenvalue weighted by atomic mass is 32.2. The van der Waals surface area contributed by atoms with Crippen molar-refractivity contribution in [3.8, 4) is 0 Å². The quantitative estimate of drug-likeness (QED) is 0.611. The number of nitrogens with one attached hydrogen (secondary N) is 2. The summed E-state index contributed by atoms with van der Waals surface area (Å²) in [5.74, 6) is -0.831. The monoisotopic (exact) mass is 313 g/mol. The van der Waals surface area contributed by atoms with E-state index in [1.807, 2.05) is 4.72 Å². The zero-order valence-corrected chi connectivity index (χ0v) is 12.0. The average Bonchev–Trinajstić information content (AvgIpc) is 2.34. The first kappa shape index (κ1) is 14.5. The number of amides is 1. The number of aromatic amines is 1. The van der Waals surface area contributed by atoms with Gasteiger partial charge in [0.15, 0.2) is 5.16 Å². The molecule has 2 aromatic rings. The largest absolute Gasteiger partial charge is 0.301 e. The number of thioether (sulfide) groups is 1. The Morgan fingerprint density at radius 1 is 1.40 bits per heavy atom. The number of hydrogen-bond acceptors (Lipinski definition) is 6. The molecule has 1 aromatic carbocycles. The third kappa shape index (κ3) is 3.81. The maximum atomic E-state index is 11.8. The van der Waals surface area contributed by atoms with Gasteiger partial charge in [-0.1, -0.05) is 23.9 Å². The van der Waals surface area contributed by atoms with Crippen molar-refractivity contribution in [1.82, 2.24) is 14.7 Å². The molecule has 0 atom stereocenters. The Hall–Kier alpha value is -1.87. The number of hydrogen-bond donors (Lipinski definition) is 2. The van der Waals surface area contributed by atoms with Crippen molar-refractivity contribution in [3.05, 3.63) is 34.6 Å². The number of benzene rings is 1. The molecule has 0 saturated carbocycles. The van der Waals surface area contributed by atoms with Gasteiger partial charge in [-0.25, -0.2) is 13.4 Å². The molecule has 0 aliphatic heterocycles. The van der Waals surface area contributed by atoms with E-state index in [4.69, 9.17) is 0 Å². The minimum absolute atomic E-state index is 0.158. The fraction of sp³-hybridized carbons (Fsp3) is 0.182. The SMILES string of the molecule is CS(=O)(=O)NC(=O)CSc1nc2ccccc2c(=O)[nH]1. The first-order chi connectivity index (χ1) is 9.35. The highest BCUT2D eigenvalue weighted by molar-refractivity contribution is 8.00. The molecule has 1 aromatic heterocycles. The van der Waals surface area contributed by atoms with E-state index < -0.39 is 15.9 Å². The first-order valence-corrected chi connectivity index (χ1v) is 8.35. The lowest BCUT2D eigenvalue weighted by atomic mass is 10.2. The molecule has 106 valence electrons. The number of sulfonamides is 1. The van der Waals surface area contributed by atoms with Gasteiger partial charge in [0, 0.05) is 0 Å². The third-order valence-corrected chi connectivity index (χ3v) is 3.70. The number of carbonyl (C=O) groups is 1. The number of rotatable bonds is 4. The molecular weight excluding hydrogens is 302 g/mol. The molecule has 0 saturated heterocycles. The summed E-state index contributed by atoms with van der Waals surface area (Å²) in [5.41, 5.74) is 0.212. The predicted octanol–water partition coefficient (Wildman–Crippen LogP) is 0.0910. The Bertz CT molecular complexity index is 814. The van der Waals surface area contributed by atoms with Gasteiger partial charge in [0.2, 0.25) is 15.9 Å². The summed E-state index contributed by atoms with van der Waals surface area (Å²) in [6, 6.07) is 6.81. The Balaban J connectivity index is 2.15. The molecule has 20 heavy (non-hydrogen) atoms. The Labute approximate surface area is 118 Å². The minimum atomic E-state index is -3.58. The lowest BCUT2D eigenvalue weighted by Crippen LogP contribution is -2.30. The zero-order chi connectivity index (χ0) is 14.8. The molecule has 0 fully saturated rings. The fourth-order valence-electron chi connectivity index (χ4n) is 1.50. The van der Waals surface area contributed by atoms with Gasteiger partial charge < -0.3 is 4.98 Å². The van der Waals surface area contributed by atoms with Gasteiger partial charge >= 0.3 is 0 Å². The summed E-state index contributed by atoms with van der Waals surface area (Å²) >= 11 is 0.955. The van der Waals surface area contributed by atoms with E-state index in [0.29, 0.717) is 10.9 Å². The fourth-order valence-corrected chi connectivity index (χ4v) is 2.75. The van der Waals surface area contributed by atoms with Crippen LogP contribution in [0.25, 0.3) is 10.9 Å². The molecule has 9 heteroatoms. The summed E-state index contributed by atoms with van der Waals surface area (Å²) in [6.07, 6.45) is 0.895. The van der Waals surface area contributed by atoms with E-state index in [9.17, 15) is 18.0 Å². The number of H-pyrrole nitrogens is 1. The van der Waals surface area contributed by atoms with Crippen molar-refractivity contribution in [1.29, 1.82) is 0 Å². The Morgan fingerprint density at radius 2 is 2.10 bits per heavy atom.